The summed E-state index contributed by atoms with van der Waals surface area (Å²) < 4.78 is 0. The van der Waals surface area contributed by atoms with Crippen molar-refractivity contribution in [2.24, 2.45) is 0 Å². The van der Waals surface area contributed by atoms with Crippen molar-refractivity contribution in [3.05, 3.63) is 65.7 Å². The largest absolute Gasteiger partial charge is 0.395 e. The highest BCUT2D eigenvalue weighted by Crippen LogP contribution is 2.30. The molecule has 3 N–H and O–H groups in total. The van der Waals surface area contributed by atoms with Gasteiger partial charge >= 0.3 is 0 Å². The molecule has 29 heavy (non-hydrogen) atoms. The third-order valence-corrected chi connectivity index (χ3v) is 6.15. The molecule has 0 saturated carbocycles. The fourth-order valence-corrected chi connectivity index (χ4v) is 4.55. The van der Waals surface area contributed by atoms with Crippen LogP contribution in [0.2, 0.25) is 0 Å². The number of nitrogens with zero attached hydrogens (tertiary/aromatic N) is 2. The predicted octanol–water partition coefficient (Wildman–Crippen LogP) is 1.32. The lowest BCUT2D eigenvalue weighted by atomic mass is 10.0. The van der Waals surface area contributed by atoms with Gasteiger partial charge in [-0.15, -0.1) is 0 Å². The van der Waals surface area contributed by atoms with Crippen molar-refractivity contribution < 1.29 is 20.1 Å². The summed E-state index contributed by atoms with van der Waals surface area (Å²) in [6.07, 6.45) is 0.174. The van der Waals surface area contributed by atoms with Crippen LogP contribution in [-0.4, -0.2) is 63.6 Å². The number of hydrogen-bond donors (Lipinski definition) is 3. The summed E-state index contributed by atoms with van der Waals surface area (Å²) in [4.78, 5) is 15.7. The average molecular weight is 396 g/mol. The third-order valence-electron chi connectivity index (χ3n) is 6.15. The summed E-state index contributed by atoms with van der Waals surface area (Å²) in [5.41, 5.74) is 2.99. The van der Waals surface area contributed by atoms with E-state index < -0.39 is 18.2 Å². The monoisotopic (exact) mass is 396 g/mol. The maximum Gasteiger partial charge on any atom is 0.227 e. The van der Waals surface area contributed by atoms with Crippen molar-refractivity contribution in [3.8, 4) is 0 Å². The highest BCUT2D eigenvalue weighted by atomic mass is 16.3. The Balaban J connectivity index is 1.53. The number of aliphatic hydroxyl groups excluding tert-OH is 3. The lowest BCUT2D eigenvalue weighted by molar-refractivity contribution is -0.117. The molecule has 2 heterocycles. The van der Waals surface area contributed by atoms with Gasteiger partial charge in [0, 0.05) is 31.2 Å². The van der Waals surface area contributed by atoms with Gasteiger partial charge in [-0.05, 0) is 36.1 Å². The van der Waals surface area contributed by atoms with Crippen LogP contribution in [0.4, 0.5) is 5.69 Å². The van der Waals surface area contributed by atoms with Crippen LogP contribution in [0, 0.1) is 0 Å². The Morgan fingerprint density at radius 1 is 0.897 bits per heavy atom. The first kappa shape index (κ1) is 20.0. The molecule has 4 rings (SSSR count). The minimum Gasteiger partial charge on any atom is -0.395 e. The molecule has 2 aliphatic heterocycles. The van der Waals surface area contributed by atoms with Crippen molar-refractivity contribution in [1.29, 1.82) is 0 Å². The van der Waals surface area contributed by atoms with Gasteiger partial charge in [-0.3, -0.25) is 9.69 Å². The number of carbonyl (C=O) groups is 1. The van der Waals surface area contributed by atoms with Gasteiger partial charge < -0.3 is 20.2 Å². The van der Waals surface area contributed by atoms with Crippen LogP contribution in [0.15, 0.2) is 54.6 Å². The van der Waals surface area contributed by atoms with E-state index in [4.69, 9.17) is 0 Å². The molecule has 6 nitrogen and oxygen atoms in total. The Labute approximate surface area is 171 Å². The number of amides is 1. The second-order valence-electron chi connectivity index (χ2n) is 7.98. The topological polar surface area (TPSA) is 84.2 Å². The summed E-state index contributed by atoms with van der Waals surface area (Å²) in [6.45, 7) is 1.05. The van der Waals surface area contributed by atoms with Crippen LogP contribution in [0.25, 0.3) is 0 Å². The molecule has 0 aliphatic carbocycles. The Kier molecular flexibility index (Phi) is 5.96. The fourth-order valence-electron chi connectivity index (χ4n) is 4.55. The molecular weight excluding hydrogens is 368 g/mol. The maximum atomic E-state index is 11.9. The van der Waals surface area contributed by atoms with Gasteiger partial charge in [-0.2, -0.15) is 0 Å². The quantitative estimate of drug-likeness (QED) is 0.686. The highest BCUT2D eigenvalue weighted by molar-refractivity contribution is 5.95. The van der Waals surface area contributed by atoms with Crippen molar-refractivity contribution in [3.63, 3.8) is 0 Å². The van der Waals surface area contributed by atoms with Crippen LogP contribution >= 0.6 is 0 Å². The van der Waals surface area contributed by atoms with E-state index in [-0.39, 0.29) is 18.6 Å². The van der Waals surface area contributed by atoms with E-state index in [9.17, 15) is 20.1 Å². The van der Waals surface area contributed by atoms with Crippen LogP contribution in [0.3, 0.4) is 0 Å². The Morgan fingerprint density at radius 3 is 2.21 bits per heavy atom. The van der Waals surface area contributed by atoms with E-state index in [1.165, 1.54) is 0 Å². The van der Waals surface area contributed by atoms with E-state index in [1.54, 1.807) is 0 Å². The molecular formula is C23H28N2O4. The average Bonchev–Trinajstić information content (AvgIpc) is 3.26. The van der Waals surface area contributed by atoms with Gasteiger partial charge in [0.15, 0.2) is 0 Å². The number of hydrogen-bond acceptors (Lipinski definition) is 5. The second-order valence-corrected chi connectivity index (χ2v) is 7.98. The number of aliphatic hydroxyl groups is 3. The molecule has 2 fully saturated rings. The second kappa shape index (κ2) is 8.63. The smallest absolute Gasteiger partial charge is 0.227 e. The van der Waals surface area contributed by atoms with Gasteiger partial charge in [-0.25, -0.2) is 0 Å². The van der Waals surface area contributed by atoms with Gasteiger partial charge in [0.1, 0.15) is 0 Å². The first-order valence-corrected chi connectivity index (χ1v) is 10.2. The fraction of sp³-hybridized carbons (Fsp3) is 0.435. The molecule has 4 atom stereocenters. The zero-order valence-electron chi connectivity index (χ0n) is 16.4. The molecule has 0 spiro atoms. The summed E-state index contributed by atoms with van der Waals surface area (Å²) in [5, 5.41) is 31.0. The lowest BCUT2D eigenvalue weighted by Gasteiger charge is -2.30. The lowest BCUT2D eigenvalue weighted by Crippen LogP contribution is -2.41. The van der Waals surface area contributed by atoms with Crippen molar-refractivity contribution in [2.75, 3.05) is 18.1 Å². The molecule has 0 bridgehead atoms. The molecule has 0 aromatic heterocycles. The molecule has 2 aromatic rings. The Bertz CT molecular complexity index is 827. The van der Waals surface area contributed by atoms with Gasteiger partial charge in [0.05, 0.1) is 24.9 Å². The van der Waals surface area contributed by atoms with Crippen LogP contribution < -0.4 is 4.90 Å². The molecule has 0 radical (unpaired) electrons. The van der Waals surface area contributed by atoms with E-state index in [0.717, 1.165) is 29.8 Å². The van der Waals surface area contributed by atoms with E-state index >= 15 is 0 Å². The zero-order chi connectivity index (χ0) is 20.4. The predicted molar refractivity (Wildman–Crippen MR) is 110 cm³/mol. The van der Waals surface area contributed by atoms with Crippen LogP contribution in [0.1, 0.15) is 24.0 Å². The van der Waals surface area contributed by atoms with E-state index in [1.807, 2.05) is 64.4 Å². The van der Waals surface area contributed by atoms with Crippen LogP contribution in [-0.2, 0) is 17.8 Å². The molecule has 2 aliphatic rings. The number of carbonyl (C=O) groups excluding carboxylic acids is 1. The van der Waals surface area contributed by atoms with Gasteiger partial charge in [0.25, 0.3) is 0 Å². The normalized spacial score (nSPS) is 27.7. The van der Waals surface area contributed by atoms with Crippen molar-refractivity contribution >= 4 is 11.6 Å². The summed E-state index contributed by atoms with van der Waals surface area (Å²) in [6, 6.07) is 16.9. The highest BCUT2D eigenvalue weighted by Gasteiger charge is 2.46. The number of likely N-dealkylation sites (tertiary alicyclic amines) is 1. The van der Waals surface area contributed by atoms with Crippen LogP contribution in [0.5, 0.6) is 0 Å². The first-order valence-electron chi connectivity index (χ1n) is 10.2. The minimum atomic E-state index is -0.991. The summed E-state index contributed by atoms with van der Waals surface area (Å²) >= 11 is 0. The standard InChI is InChI=1S/C23H28N2O4/c26-15-20-23(29)22(28)19(13-16-5-2-1-3-6-16)25(20)14-17-8-10-18(11-9-17)24-12-4-7-21(24)27/h1-3,5-6,8-11,19-20,22-23,26,28-29H,4,7,12-15H2/t19-,20+,22-,23+/m0/s1. The van der Waals surface area contributed by atoms with E-state index in [2.05, 4.69) is 0 Å². The van der Waals surface area contributed by atoms with E-state index in [0.29, 0.717) is 19.4 Å². The number of benzene rings is 2. The van der Waals surface area contributed by atoms with Crippen molar-refractivity contribution in [1.82, 2.24) is 4.90 Å². The Hall–Kier alpha value is -2.25. The van der Waals surface area contributed by atoms with Gasteiger partial charge in [0.2, 0.25) is 5.91 Å². The molecule has 6 heteroatoms. The molecule has 0 unspecified atom stereocenters. The molecule has 1 amide bonds. The zero-order valence-corrected chi connectivity index (χ0v) is 16.4. The molecule has 2 aromatic carbocycles. The maximum absolute atomic E-state index is 11.9. The SMILES string of the molecule is O=C1CCCN1c1ccc(CN2[C@H](CO)[C@@H](O)[C@@H](O)[C@@H]2Cc2ccccc2)cc1. The summed E-state index contributed by atoms with van der Waals surface area (Å²) in [5.74, 6) is 0.159. The number of anilines is 1. The molecule has 2 saturated heterocycles. The molecule has 154 valence electrons. The Morgan fingerprint density at radius 2 is 1.59 bits per heavy atom. The number of rotatable bonds is 6. The summed E-state index contributed by atoms with van der Waals surface area (Å²) in [7, 11) is 0. The minimum absolute atomic E-state index is 0.159. The first-order chi connectivity index (χ1) is 14.1. The van der Waals surface area contributed by atoms with Gasteiger partial charge in [-0.1, -0.05) is 42.5 Å². The van der Waals surface area contributed by atoms with Crippen molar-refractivity contribution in [2.45, 2.75) is 50.1 Å². The third kappa shape index (κ3) is 4.07.